The first-order valence-electron chi connectivity index (χ1n) is 6.34. The number of hydrogen-bond acceptors (Lipinski definition) is 7. The van der Waals surface area contributed by atoms with Crippen LogP contribution >= 0.6 is 0 Å². The lowest BCUT2D eigenvalue weighted by Crippen LogP contribution is -2.47. The third-order valence-electron chi connectivity index (χ3n) is 2.77. The molecule has 0 saturated heterocycles. The summed E-state index contributed by atoms with van der Waals surface area (Å²) in [5, 5.41) is 9.23. The largest absolute Gasteiger partial charge is 0.464 e. The highest BCUT2D eigenvalue weighted by molar-refractivity contribution is 7.90. The molecule has 1 atom stereocenters. The van der Waals surface area contributed by atoms with Crippen LogP contribution in [-0.2, 0) is 29.8 Å². The lowest BCUT2D eigenvalue weighted by molar-refractivity contribution is -0.145. The number of anilines is 1. The Morgan fingerprint density at radius 3 is 2.13 bits per heavy atom. The van der Waals surface area contributed by atoms with Gasteiger partial charge < -0.3 is 9.84 Å². The van der Waals surface area contributed by atoms with Crippen LogP contribution in [0.5, 0.6) is 0 Å². The summed E-state index contributed by atoms with van der Waals surface area (Å²) >= 11 is 0. The van der Waals surface area contributed by atoms with E-state index in [4.69, 9.17) is 0 Å². The number of hydrogen-bond donors (Lipinski definition) is 1. The van der Waals surface area contributed by atoms with Crippen molar-refractivity contribution in [3.05, 3.63) is 24.3 Å². The van der Waals surface area contributed by atoms with Gasteiger partial charge in [-0.25, -0.2) is 17.5 Å². The number of benzene rings is 1. The molecule has 1 rings (SSSR count). The SMILES string of the molecule is CCOC(=O)C(CO)N(c1ccc(S(C)(=O)=O)cc1)S(=O)(=O)F. The maximum atomic E-state index is 13.6. The Morgan fingerprint density at radius 1 is 1.26 bits per heavy atom. The van der Waals surface area contributed by atoms with Gasteiger partial charge in [-0.15, -0.1) is 0 Å². The fourth-order valence-corrected chi connectivity index (χ4v) is 3.24. The molecule has 23 heavy (non-hydrogen) atoms. The van der Waals surface area contributed by atoms with Gasteiger partial charge in [0.1, 0.15) is 0 Å². The zero-order chi connectivity index (χ0) is 17.8. The van der Waals surface area contributed by atoms with Crippen molar-refractivity contribution < 1.29 is 35.4 Å². The zero-order valence-electron chi connectivity index (χ0n) is 12.3. The predicted molar refractivity (Wildman–Crippen MR) is 79.6 cm³/mol. The quantitative estimate of drug-likeness (QED) is 0.532. The van der Waals surface area contributed by atoms with E-state index in [1.165, 1.54) is 6.92 Å². The summed E-state index contributed by atoms with van der Waals surface area (Å²) in [6, 6.07) is 2.31. The van der Waals surface area contributed by atoms with Crippen LogP contribution in [0.1, 0.15) is 6.92 Å². The van der Waals surface area contributed by atoms with Crippen molar-refractivity contribution in [2.75, 3.05) is 23.8 Å². The highest BCUT2D eigenvalue weighted by atomic mass is 32.3. The Bertz CT molecular complexity index is 759. The summed E-state index contributed by atoms with van der Waals surface area (Å²) in [6.07, 6.45) is 0.945. The molecule has 1 aromatic rings. The minimum Gasteiger partial charge on any atom is -0.464 e. The molecule has 1 aromatic carbocycles. The number of halogens is 1. The van der Waals surface area contributed by atoms with Gasteiger partial charge in [0, 0.05) is 6.26 Å². The highest BCUT2D eigenvalue weighted by Crippen LogP contribution is 2.24. The molecule has 0 aromatic heterocycles. The first kappa shape index (κ1) is 19.3. The molecule has 1 unspecified atom stereocenters. The fourth-order valence-electron chi connectivity index (χ4n) is 1.78. The number of sulfone groups is 1. The average Bonchev–Trinajstić information content (AvgIpc) is 2.42. The van der Waals surface area contributed by atoms with E-state index in [1.54, 1.807) is 0 Å². The van der Waals surface area contributed by atoms with Crippen LogP contribution in [-0.4, -0.2) is 53.4 Å². The number of nitrogens with zero attached hydrogens (tertiary/aromatic N) is 1. The predicted octanol–water partition coefficient (Wildman–Crippen LogP) is 0.0348. The number of carbonyl (C=O) groups is 1. The molecule has 0 radical (unpaired) electrons. The molecule has 0 heterocycles. The van der Waals surface area contributed by atoms with E-state index in [2.05, 4.69) is 4.74 Å². The monoisotopic (exact) mass is 369 g/mol. The van der Waals surface area contributed by atoms with Gasteiger partial charge in [-0.2, -0.15) is 8.42 Å². The van der Waals surface area contributed by atoms with Gasteiger partial charge in [-0.1, -0.05) is 3.89 Å². The second kappa shape index (κ2) is 7.23. The number of carbonyl (C=O) groups excluding carboxylic acids is 1. The number of aliphatic hydroxyl groups is 1. The summed E-state index contributed by atoms with van der Waals surface area (Å²) in [5.41, 5.74) is -0.327. The van der Waals surface area contributed by atoms with E-state index in [0.717, 1.165) is 30.5 Å². The van der Waals surface area contributed by atoms with Crippen LogP contribution in [0.2, 0.25) is 0 Å². The van der Waals surface area contributed by atoms with Gasteiger partial charge in [-0.3, -0.25) is 0 Å². The zero-order valence-corrected chi connectivity index (χ0v) is 14.0. The van der Waals surface area contributed by atoms with Gasteiger partial charge in [-0.05, 0) is 31.2 Å². The Hall–Kier alpha value is -1.72. The van der Waals surface area contributed by atoms with Gasteiger partial charge in [0.05, 0.1) is 23.8 Å². The third-order valence-corrected chi connectivity index (χ3v) is 4.83. The minimum atomic E-state index is -5.42. The van der Waals surface area contributed by atoms with E-state index in [1.807, 2.05) is 0 Å². The number of aliphatic hydroxyl groups excluding tert-OH is 1. The van der Waals surface area contributed by atoms with Crippen molar-refractivity contribution in [2.45, 2.75) is 17.9 Å². The maximum Gasteiger partial charge on any atom is 0.400 e. The molecule has 0 aliphatic rings. The third kappa shape index (κ3) is 4.88. The van der Waals surface area contributed by atoms with Gasteiger partial charge in [0.15, 0.2) is 15.9 Å². The summed E-state index contributed by atoms with van der Waals surface area (Å²) in [7, 11) is -8.95. The molecule has 8 nitrogen and oxygen atoms in total. The van der Waals surface area contributed by atoms with Gasteiger partial charge >= 0.3 is 16.4 Å². The molecule has 0 aliphatic carbocycles. The molecule has 0 spiro atoms. The Kier molecular flexibility index (Phi) is 6.08. The standard InChI is InChI=1S/C12H16FNO7S2/c1-3-21-12(16)11(8-15)14(23(13,19)20)9-4-6-10(7-5-9)22(2,17)18/h4-7,11,15H,3,8H2,1-2H3. The summed E-state index contributed by atoms with van der Waals surface area (Å²) in [4.78, 5) is 11.6. The van der Waals surface area contributed by atoms with Crippen molar-refractivity contribution >= 4 is 31.9 Å². The highest BCUT2D eigenvalue weighted by Gasteiger charge is 2.36. The van der Waals surface area contributed by atoms with Gasteiger partial charge in [0.2, 0.25) is 0 Å². The second-order valence-electron chi connectivity index (χ2n) is 4.45. The van der Waals surface area contributed by atoms with Gasteiger partial charge in [0.25, 0.3) is 0 Å². The summed E-state index contributed by atoms with van der Waals surface area (Å²) in [6.45, 7) is 0.347. The number of ether oxygens (including phenoxy) is 1. The van der Waals surface area contributed by atoms with Crippen molar-refractivity contribution in [1.82, 2.24) is 0 Å². The van der Waals surface area contributed by atoms with Crippen LogP contribution in [0.15, 0.2) is 29.2 Å². The van der Waals surface area contributed by atoms with Crippen LogP contribution in [0.25, 0.3) is 0 Å². The van der Waals surface area contributed by atoms with E-state index >= 15 is 0 Å². The molecular weight excluding hydrogens is 353 g/mol. The van der Waals surface area contributed by atoms with Crippen molar-refractivity contribution in [1.29, 1.82) is 0 Å². The van der Waals surface area contributed by atoms with E-state index < -0.39 is 38.9 Å². The van der Waals surface area contributed by atoms with Crippen molar-refractivity contribution in [3.63, 3.8) is 0 Å². The number of rotatable bonds is 7. The molecule has 1 N–H and O–H groups in total. The topological polar surface area (TPSA) is 118 Å². The first-order valence-corrected chi connectivity index (χ1v) is 9.57. The smallest absolute Gasteiger partial charge is 0.400 e. The molecular formula is C12H16FNO7S2. The van der Waals surface area contributed by atoms with Crippen LogP contribution in [0.4, 0.5) is 9.57 Å². The van der Waals surface area contributed by atoms with Crippen molar-refractivity contribution in [2.24, 2.45) is 0 Å². The van der Waals surface area contributed by atoms with Crippen LogP contribution in [0, 0.1) is 0 Å². The van der Waals surface area contributed by atoms with Crippen LogP contribution < -0.4 is 4.31 Å². The lowest BCUT2D eigenvalue weighted by atomic mass is 10.2. The van der Waals surface area contributed by atoms with Crippen molar-refractivity contribution in [3.8, 4) is 0 Å². The average molecular weight is 369 g/mol. The second-order valence-corrected chi connectivity index (χ2v) is 7.69. The normalized spacial score (nSPS) is 13.4. The Balaban J connectivity index is 3.35. The van der Waals surface area contributed by atoms with E-state index in [0.29, 0.717) is 0 Å². The minimum absolute atomic E-state index is 0.0387. The van der Waals surface area contributed by atoms with E-state index in [-0.39, 0.29) is 21.5 Å². The lowest BCUT2D eigenvalue weighted by Gasteiger charge is -2.26. The number of esters is 1. The summed E-state index contributed by atoms with van der Waals surface area (Å²) < 4.78 is 63.7. The van der Waals surface area contributed by atoms with E-state index in [9.17, 15) is 30.6 Å². The molecule has 11 heteroatoms. The molecule has 130 valence electrons. The maximum absolute atomic E-state index is 13.6. The molecule has 0 amide bonds. The Labute approximate surface area is 133 Å². The first-order chi connectivity index (χ1) is 10.5. The molecule has 0 bridgehead atoms. The Morgan fingerprint density at radius 2 is 1.78 bits per heavy atom. The molecule has 0 aliphatic heterocycles. The molecule has 0 saturated carbocycles. The molecule has 0 fully saturated rings. The van der Waals surface area contributed by atoms with Crippen LogP contribution in [0.3, 0.4) is 0 Å². The summed E-state index contributed by atoms with van der Waals surface area (Å²) in [5.74, 6) is -1.14. The fraction of sp³-hybridized carbons (Fsp3) is 0.417.